The molecule has 24 heavy (non-hydrogen) atoms. The van der Waals surface area contributed by atoms with E-state index in [0.29, 0.717) is 22.8 Å². The smallest absolute Gasteiger partial charge is 0.353 e. The Morgan fingerprint density at radius 3 is 2.42 bits per heavy atom. The van der Waals surface area contributed by atoms with Crippen molar-refractivity contribution in [3.63, 3.8) is 0 Å². The number of hydrogen-bond acceptors (Lipinski definition) is 5. The van der Waals surface area contributed by atoms with Gasteiger partial charge in [-0.15, -0.1) is 11.8 Å². The molecule has 3 rings (SSSR count). The summed E-state index contributed by atoms with van der Waals surface area (Å²) in [6, 6.07) is 18.3. The number of aromatic hydroxyl groups is 1. The van der Waals surface area contributed by atoms with Gasteiger partial charge < -0.3 is 14.3 Å². The Hall–Kier alpha value is -2.66. The SMILES string of the molecule is COc1ccc(-c2cc(O)c(SCc3ccccc3)c(=O)o2)cc1. The van der Waals surface area contributed by atoms with Crippen LogP contribution in [0.2, 0.25) is 0 Å². The molecule has 122 valence electrons. The van der Waals surface area contributed by atoms with E-state index in [1.807, 2.05) is 30.3 Å². The molecule has 5 heteroatoms. The van der Waals surface area contributed by atoms with Gasteiger partial charge in [0.25, 0.3) is 0 Å². The Kier molecular flexibility index (Phi) is 4.91. The highest BCUT2D eigenvalue weighted by Gasteiger charge is 2.13. The lowest BCUT2D eigenvalue weighted by Crippen LogP contribution is -2.03. The highest BCUT2D eigenvalue weighted by molar-refractivity contribution is 7.98. The third-order valence-corrected chi connectivity index (χ3v) is 4.63. The second kappa shape index (κ2) is 7.27. The predicted octanol–water partition coefficient (Wildman–Crippen LogP) is 4.31. The summed E-state index contributed by atoms with van der Waals surface area (Å²) < 4.78 is 10.5. The maximum Gasteiger partial charge on any atom is 0.353 e. The lowest BCUT2D eigenvalue weighted by atomic mass is 10.1. The Bertz CT molecular complexity index is 870. The molecule has 0 aliphatic rings. The fourth-order valence-electron chi connectivity index (χ4n) is 2.23. The lowest BCUT2D eigenvalue weighted by Gasteiger charge is -2.06. The first kappa shape index (κ1) is 16.2. The molecule has 0 saturated heterocycles. The van der Waals surface area contributed by atoms with E-state index in [0.717, 1.165) is 5.56 Å². The third-order valence-electron chi connectivity index (χ3n) is 3.49. The molecule has 2 aromatic carbocycles. The largest absolute Gasteiger partial charge is 0.506 e. The molecule has 0 aliphatic heterocycles. The highest BCUT2D eigenvalue weighted by Crippen LogP contribution is 2.32. The minimum Gasteiger partial charge on any atom is -0.506 e. The van der Waals surface area contributed by atoms with Crippen LogP contribution in [0.1, 0.15) is 5.56 Å². The van der Waals surface area contributed by atoms with Crippen molar-refractivity contribution in [2.45, 2.75) is 10.6 Å². The Labute approximate surface area is 143 Å². The van der Waals surface area contributed by atoms with Crippen LogP contribution in [0.5, 0.6) is 11.5 Å². The van der Waals surface area contributed by atoms with E-state index in [2.05, 4.69) is 0 Å². The van der Waals surface area contributed by atoms with Crippen LogP contribution in [-0.4, -0.2) is 12.2 Å². The van der Waals surface area contributed by atoms with Gasteiger partial charge >= 0.3 is 5.63 Å². The molecule has 0 unspecified atom stereocenters. The minimum absolute atomic E-state index is 0.0713. The minimum atomic E-state index is -0.540. The van der Waals surface area contributed by atoms with Gasteiger partial charge in [0.2, 0.25) is 0 Å². The van der Waals surface area contributed by atoms with E-state index in [-0.39, 0.29) is 10.6 Å². The van der Waals surface area contributed by atoms with Gasteiger partial charge in [-0.2, -0.15) is 0 Å². The molecule has 1 aromatic heterocycles. The van der Waals surface area contributed by atoms with Gasteiger partial charge in [0, 0.05) is 17.4 Å². The van der Waals surface area contributed by atoms with E-state index in [9.17, 15) is 9.90 Å². The predicted molar refractivity (Wildman–Crippen MR) is 94.6 cm³/mol. The Morgan fingerprint density at radius 2 is 1.79 bits per heavy atom. The molecule has 0 saturated carbocycles. The second-order valence-electron chi connectivity index (χ2n) is 5.12. The van der Waals surface area contributed by atoms with Crippen molar-refractivity contribution in [1.29, 1.82) is 0 Å². The second-order valence-corrected chi connectivity index (χ2v) is 6.10. The fraction of sp³-hybridized carbons (Fsp3) is 0.105. The standard InChI is InChI=1S/C19H16O4S/c1-22-15-9-7-14(8-10-15)17-11-16(20)18(19(21)23-17)24-12-13-5-3-2-4-6-13/h2-11,20H,12H2,1H3. The van der Waals surface area contributed by atoms with Crippen molar-refractivity contribution in [1.82, 2.24) is 0 Å². The van der Waals surface area contributed by atoms with E-state index < -0.39 is 5.63 Å². The number of ether oxygens (including phenoxy) is 1. The topological polar surface area (TPSA) is 59.7 Å². The van der Waals surface area contributed by atoms with Crippen molar-refractivity contribution in [3.05, 3.63) is 76.6 Å². The van der Waals surface area contributed by atoms with E-state index in [4.69, 9.17) is 9.15 Å². The molecule has 0 aliphatic carbocycles. The molecule has 1 N–H and O–H groups in total. The van der Waals surface area contributed by atoms with Crippen LogP contribution in [0.4, 0.5) is 0 Å². The number of hydrogen-bond donors (Lipinski definition) is 1. The number of benzene rings is 2. The lowest BCUT2D eigenvalue weighted by molar-refractivity contribution is 0.414. The summed E-state index contributed by atoms with van der Waals surface area (Å²) in [5.41, 5.74) is 1.23. The monoisotopic (exact) mass is 340 g/mol. The third kappa shape index (κ3) is 3.63. The van der Waals surface area contributed by atoms with E-state index in [1.54, 1.807) is 31.4 Å². The molecule has 0 atom stereocenters. The van der Waals surface area contributed by atoms with Gasteiger partial charge in [-0.05, 0) is 29.8 Å². The molecule has 0 fully saturated rings. The van der Waals surface area contributed by atoms with Crippen LogP contribution in [-0.2, 0) is 5.75 Å². The van der Waals surface area contributed by atoms with Gasteiger partial charge in [-0.3, -0.25) is 0 Å². The number of rotatable bonds is 5. The fourth-order valence-corrected chi connectivity index (χ4v) is 3.10. The van der Waals surface area contributed by atoms with Crippen LogP contribution in [0, 0.1) is 0 Å². The summed E-state index contributed by atoms with van der Waals surface area (Å²) in [6.07, 6.45) is 0. The van der Waals surface area contributed by atoms with Crippen molar-refractivity contribution in [2.75, 3.05) is 7.11 Å². The molecule has 0 radical (unpaired) electrons. The number of methoxy groups -OCH3 is 1. The van der Waals surface area contributed by atoms with Crippen molar-refractivity contribution in [3.8, 4) is 22.8 Å². The summed E-state index contributed by atoms with van der Waals surface area (Å²) >= 11 is 1.26. The number of thioether (sulfide) groups is 1. The van der Waals surface area contributed by atoms with Gasteiger partial charge in [-0.25, -0.2) is 4.79 Å². The van der Waals surface area contributed by atoms with Crippen molar-refractivity contribution in [2.24, 2.45) is 0 Å². The van der Waals surface area contributed by atoms with Gasteiger partial charge in [0.1, 0.15) is 22.2 Å². The Balaban J connectivity index is 1.84. The van der Waals surface area contributed by atoms with Gasteiger partial charge in [-0.1, -0.05) is 30.3 Å². The summed E-state index contributed by atoms with van der Waals surface area (Å²) in [6.45, 7) is 0. The maximum atomic E-state index is 12.2. The average Bonchev–Trinajstić information content (AvgIpc) is 2.62. The zero-order valence-corrected chi connectivity index (χ0v) is 13.9. The summed E-state index contributed by atoms with van der Waals surface area (Å²) in [7, 11) is 1.58. The average molecular weight is 340 g/mol. The molecule has 0 spiro atoms. The summed E-state index contributed by atoms with van der Waals surface area (Å²) in [4.78, 5) is 12.4. The molecule has 4 nitrogen and oxygen atoms in total. The Morgan fingerprint density at radius 1 is 1.08 bits per heavy atom. The first-order chi connectivity index (χ1) is 11.7. The van der Waals surface area contributed by atoms with Crippen LogP contribution < -0.4 is 10.4 Å². The van der Waals surface area contributed by atoms with Gasteiger partial charge in [0.15, 0.2) is 0 Å². The van der Waals surface area contributed by atoms with Crippen molar-refractivity contribution >= 4 is 11.8 Å². The summed E-state index contributed by atoms with van der Waals surface area (Å²) in [5.74, 6) is 1.55. The van der Waals surface area contributed by atoms with Crippen molar-refractivity contribution < 1.29 is 14.3 Å². The first-order valence-corrected chi connectivity index (χ1v) is 8.34. The maximum absolute atomic E-state index is 12.2. The molecule has 3 aromatic rings. The zero-order valence-electron chi connectivity index (χ0n) is 13.1. The first-order valence-electron chi connectivity index (χ1n) is 7.35. The van der Waals surface area contributed by atoms with E-state index in [1.165, 1.54) is 17.8 Å². The van der Waals surface area contributed by atoms with E-state index >= 15 is 0 Å². The van der Waals surface area contributed by atoms with Crippen LogP contribution >= 0.6 is 11.8 Å². The molecule has 1 heterocycles. The van der Waals surface area contributed by atoms with Crippen LogP contribution in [0.3, 0.4) is 0 Å². The highest BCUT2D eigenvalue weighted by atomic mass is 32.2. The summed E-state index contributed by atoms with van der Waals surface area (Å²) in [5, 5.41) is 10.2. The molecule has 0 bridgehead atoms. The molecule has 0 amide bonds. The normalized spacial score (nSPS) is 10.5. The quantitative estimate of drug-likeness (QED) is 0.701. The zero-order chi connectivity index (χ0) is 16.9. The van der Waals surface area contributed by atoms with Crippen LogP contribution in [0.25, 0.3) is 11.3 Å². The van der Waals surface area contributed by atoms with Crippen LogP contribution in [0.15, 0.2) is 74.8 Å². The van der Waals surface area contributed by atoms with Gasteiger partial charge in [0.05, 0.1) is 7.11 Å². The molecular weight excluding hydrogens is 324 g/mol. The molecular formula is C19H16O4S.